The van der Waals surface area contributed by atoms with Crippen LogP contribution in [-0.2, 0) is 0 Å². The predicted molar refractivity (Wildman–Crippen MR) is 74.4 cm³/mol. The average Bonchev–Trinajstić information content (AvgIpc) is 2.39. The Morgan fingerprint density at radius 1 is 1.43 bits per heavy atom. The smallest absolute Gasteiger partial charge is 0.308 e. The number of nitrogens with zero attached hydrogens (tertiary/aromatic N) is 1. The van der Waals surface area contributed by atoms with E-state index in [1.54, 1.807) is 0 Å². The molecule has 0 radical (unpaired) electrons. The van der Waals surface area contributed by atoms with Crippen LogP contribution < -0.4 is 5.32 Å². The highest BCUT2D eigenvalue weighted by Crippen LogP contribution is 2.22. The van der Waals surface area contributed by atoms with Crippen molar-refractivity contribution < 1.29 is 18.5 Å². The molecule has 1 rings (SSSR count). The Kier molecular flexibility index (Phi) is 6.02. The Hall–Kier alpha value is -1.76. The third kappa shape index (κ3) is 4.63. The molecule has 8 heteroatoms. The van der Waals surface area contributed by atoms with Gasteiger partial charge in [0, 0.05) is 11.9 Å². The minimum atomic E-state index is -1.36. The number of amides is 1. The van der Waals surface area contributed by atoms with E-state index in [1.807, 2.05) is 13.8 Å². The summed E-state index contributed by atoms with van der Waals surface area (Å²) in [6.45, 7) is 3.83. The average molecular weight is 321 g/mol. The van der Waals surface area contributed by atoms with Gasteiger partial charge < -0.3 is 5.32 Å². The summed E-state index contributed by atoms with van der Waals surface area (Å²) in [5.74, 6) is -3.01. The summed E-state index contributed by atoms with van der Waals surface area (Å²) in [5, 5.41) is 13.1. The van der Waals surface area contributed by atoms with E-state index in [2.05, 4.69) is 5.32 Å². The number of nitro benzene ring substituents is 1. The van der Waals surface area contributed by atoms with Crippen molar-refractivity contribution in [1.29, 1.82) is 0 Å². The molecule has 0 bridgehead atoms. The number of hydrogen-bond acceptors (Lipinski definition) is 3. The first kappa shape index (κ1) is 17.3. The van der Waals surface area contributed by atoms with Gasteiger partial charge in [0.1, 0.15) is 5.82 Å². The van der Waals surface area contributed by atoms with Crippen LogP contribution >= 0.6 is 11.6 Å². The maximum atomic E-state index is 13.9. The van der Waals surface area contributed by atoms with Crippen LogP contribution in [0.4, 0.5) is 14.5 Å². The van der Waals surface area contributed by atoms with E-state index >= 15 is 0 Å². The fourth-order valence-electron chi connectivity index (χ4n) is 1.87. The number of alkyl halides is 1. The minimum Gasteiger partial charge on any atom is -0.348 e. The van der Waals surface area contributed by atoms with Crippen molar-refractivity contribution in [2.45, 2.75) is 26.3 Å². The number of nitro groups is 1. The fraction of sp³-hybridized carbons (Fsp3) is 0.462. The molecule has 1 aromatic rings. The summed E-state index contributed by atoms with van der Waals surface area (Å²) in [5.41, 5.74) is -1.79. The molecule has 0 saturated carbocycles. The standard InChI is InChI=1S/C13H15ClF2N2O3/c1-7(2)3-9(6-14)17-13(19)10-4-8(15)5-11(12(10)16)18(20)21/h4-5,7,9H,3,6H2,1-2H3,(H,17,19). The first-order valence-corrected chi connectivity index (χ1v) is 6.80. The van der Waals surface area contributed by atoms with Gasteiger partial charge in [0.05, 0.1) is 16.6 Å². The highest BCUT2D eigenvalue weighted by molar-refractivity contribution is 6.18. The van der Waals surface area contributed by atoms with Crippen molar-refractivity contribution in [3.8, 4) is 0 Å². The Bertz CT molecular complexity index is 552. The fourth-order valence-corrected chi connectivity index (χ4v) is 2.07. The second-order valence-electron chi connectivity index (χ2n) is 5.00. The summed E-state index contributed by atoms with van der Waals surface area (Å²) in [6, 6.07) is 0.623. The first-order chi connectivity index (χ1) is 9.76. The molecule has 5 nitrogen and oxygen atoms in total. The van der Waals surface area contributed by atoms with Crippen molar-refractivity contribution in [1.82, 2.24) is 5.32 Å². The molecule has 116 valence electrons. The van der Waals surface area contributed by atoms with Gasteiger partial charge in [-0.3, -0.25) is 14.9 Å². The predicted octanol–water partition coefficient (Wildman–Crippen LogP) is 3.26. The SMILES string of the molecule is CC(C)CC(CCl)NC(=O)c1cc(F)cc([N+](=O)[O-])c1F. The molecule has 0 aromatic heterocycles. The Morgan fingerprint density at radius 3 is 2.52 bits per heavy atom. The molecule has 1 unspecified atom stereocenters. The molecule has 1 aromatic carbocycles. The van der Waals surface area contributed by atoms with Gasteiger partial charge in [-0.15, -0.1) is 11.6 Å². The third-order valence-corrected chi connectivity index (χ3v) is 3.11. The van der Waals surface area contributed by atoms with Crippen LogP contribution in [0, 0.1) is 27.7 Å². The Balaban J connectivity index is 3.04. The minimum absolute atomic E-state index is 0.100. The zero-order valence-electron chi connectivity index (χ0n) is 11.5. The van der Waals surface area contributed by atoms with E-state index in [-0.39, 0.29) is 11.8 Å². The van der Waals surface area contributed by atoms with Gasteiger partial charge in [-0.25, -0.2) is 4.39 Å². The van der Waals surface area contributed by atoms with Gasteiger partial charge in [-0.05, 0) is 18.4 Å². The van der Waals surface area contributed by atoms with E-state index in [0.29, 0.717) is 18.6 Å². The Morgan fingerprint density at radius 2 is 2.05 bits per heavy atom. The molecular weight excluding hydrogens is 306 g/mol. The molecule has 0 heterocycles. The van der Waals surface area contributed by atoms with Crippen molar-refractivity contribution in [3.63, 3.8) is 0 Å². The number of hydrogen-bond donors (Lipinski definition) is 1. The zero-order chi connectivity index (χ0) is 16.2. The second kappa shape index (κ2) is 7.31. The maximum absolute atomic E-state index is 13.9. The molecule has 21 heavy (non-hydrogen) atoms. The summed E-state index contributed by atoms with van der Waals surface area (Å²) in [7, 11) is 0. The van der Waals surface area contributed by atoms with E-state index < -0.39 is 39.8 Å². The highest BCUT2D eigenvalue weighted by atomic mass is 35.5. The normalized spacial score (nSPS) is 12.3. The van der Waals surface area contributed by atoms with E-state index in [9.17, 15) is 23.7 Å². The van der Waals surface area contributed by atoms with Crippen LogP contribution in [0.2, 0.25) is 0 Å². The number of rotatable bonds is 6. The van der Waals surface area contributed by atoms with E-state index in [0.717, 1.165) is 0 Å². The lowest BCUT2D eigenvalue weighted by molar-refractivity contribution is -0.387. The van der Waals surface area contributed by atoms with Crippen LogP contribution in [0.3, 0.4) is 0 Å². The number of carbonyl (C=O) groups excluding carboxylic acids is 1. The van der Waals surface area contributed by atoms with Crippen LogP contribution in [0.5, 0.6) is 0 Å². The summed E-state index contributed by atoms with van der Waals surface area (Å²) < 4.78 is 27.1. The largest absolute Gasteiger partial charge is 0.348 e. The van der Waals surface area contributed by atoms with Gasteiger partial charge in [-0.2, -0.15) is 4.39 Å². The lowest BCUT2D eigenvalue weighted by atomic mass is 10.0. The molecule has 0 fully saturated rings. The van der Waals surface area contributed by atoms with Crippen LogP contribution in [0.1, 0.15) is 30.6 Å². The van der Waals surface area contributed by atoms with Crippen molar-refractivity contribution in [3.05, 3.63) is 39.4 Å². The summed E-state index contributed by atoms with van der Waals surface area (Å²) in [6.07, 6.45) is 0.550. The van der Waals surface area contributed by atoms with Gasteiger partial charge >= 0.3 is 5.69 Å². The van der Waals surface area contributed by atoms with Crippen LogP contribution in [-0.4, -0.2) is 22.8 Å². The molecule has 1 N–H and O–H groups in total. The van der Waals surface area contributed by atoms with E-state index in [1.165, 1.54) is 0 Å². The third-order valence-electron chi connectivity index (χ3n) is 2.74. The Labute approximate surface area is 125 Å². The van der Waals surface area contributed by atoms with Gasteiger partial charge in [0.25, 0.3) is 5.91 Å². The molecule has 1 atom stereocenters. The summed E-state index contributed by atoms with van der Waals surface area (Å²) >= 11 is 5.71. The number of benzene rings is 1. The summed E-state index contributed by atoms with van der Waals surface area (Å²) in [4.78, 5) is 21.5. The van der Waals surface area contributed by atoms with Gasteiger partial charge in [0.15, 0.2) is 0 Å². The van der Waals surface area contributed by atoms with E-state index in [4.69, 9.17) is 11.6 Å². The van der Waals surface area contributed by atoms with Gasteiger partial charge in [0.2, 0.25) is 5.82 Å². The molecular formula is C13H15ClF2N2O3. The van der Waals surface area contributed by atoms with Crippen LogP contribution in [0.15, 0.2) is 12.1 Å². The van der Waals surface area contributed by atoms with Crippen molar-refractivity contribution in [2.24, 2.45) is 5.92 Å². The topological polar surface area (TPSA) is 72.2 Å². The molecule has 0 saturated heterocycles. The number of halogens is 3. The second-order valence-corrected chi connectivity index (χ2v) is 5.31. The van der Waals surface area contributed by atoms with Crippen LogP contribution in [0.25, 0.3) is 0 Å². The molecule has 0 aliphatic carbocycles. The van der Waals surface area contributed by atoms with Gasteiger partial charge in [-0.1, -0.05) is 13.8 Å². The lowest BCUT2D eigenvalue weighted by Gasteiger charge is -2.18. The van der Waals surface area contributed by atoms with Crippen molar-refractivity contribution in [2.75, 3.05) is 5.88 Å². The first-order valence-electron chi connectivity index (χ1n) is 6.26. The number of nitrogens with one attached hydrogen (secondary N) is 1. The highest BCUT2D eigenvalue weighted by Gasteiger charge is 2.25. The molecule has 0 aliphatic rings. The molecule has 0 spiro atoms. The molecule has 0 aliphatic heterocycles. The monoisotopic (exact) mass is 320 g/mol. The maximum Gasteiger partial charge on any atom is 0.308 e. The quantitative estimate of drug-likeness (QED) is 0.497. The van der Waals surface area contributed by atoms with Crippen molar-refractivity contribution >= 4 is 23.2 Å². The molecule has 1 amide bonds. The number of carbonyl (C=O) groups is 1. The zero-order valence-corrected chi connectivity index (χ0v) is 12.3. The lowest BCUT2D eigenvalue weighted by Crippen LogP contribution is -2.37.